The first kappa shape index (κ1) is 40.3. The number of hydrogen-bond acceptors (Lipinski definition) is 8. The number of carbonyl (C=O) groups is 4. The highest BCUT2D eigenvalue weighted by molar-refractivity contribution is 6.12. The Bertz CT molecular complexity index is 1920. The Hall–Kier alpha value is -4.86. The molecule has 1 aromatic heterocycles. The van der Waals surface area contributed by atoms with Crippen molar-refractivity contribution >= 4 is 23.6 Å². The molecule has 15 heteroatoms. The minimum atomic E-state index is -1.21. The highest BCUT2D eigenvalue weighted by atomic mass is 19.1. The number of nitrogens with one attached hydrogen (secondary N) is 1. The van der Waals surface area contributed by atoms with Gasteiger partial charge in [0.15, 0.2) is 6.10 Å². The van der Waals surface area contributed by atoms with Crippen molar-refractivity contribution in [2.24, 2.45) is 11.8 Å². The number of unbranched alkanes of at least 4 members (excludes halogenated alkanes) is 2. The van der Waals surface area contributed by atoms with Crippen molar-refractivity contribution in [3.05, 3.63) is 89.9 Å². The van der Waals surface area contributed by atoms with Crippen molar-refractivity contribution < 1.29 is 41.8 Å². The number of carbonyl (C=O) groups excluding carboxylic acids is 4. The molecule has 0 spiro atoms. The van der Waals surface area contributed by atoms with E-state index >= 15 is 13.6 Å². The van der Waals surface area contributed by atoms with Crippen LogP contribution in [0.4, 0.5) is 13.2 Å². The van der Waals surface area contributed by atoms with Gasteiger partial charge in [0.25, 0.3) is 17.7 Å². The third kappa shape index (κ3) is 9.65. The maximum Gasteiger partial charge on any atom is 0.254 e. The van der Waals surface area contributed by atoms with Gasteiger partial charge < -0.3 is 29.2 Å². The first-order valence-corrected chi connectivity index (χ1v) is 19.9. The topological polar surface area (TPSA) is 126 Å². The van der Waals surface area contributed by atoms with Crippen LogP contribution in [0.5, 0.6) is 0 Å². The van der Waals surface area contributed by atoms with E-state index < -0.39 is 41.8 Å². The van der Waals surface area contributed by atoms with Crippen LogP contribution in [0.1, 0.15) is 56.0 Å². The Labute approximate surface area is 330 Å². The predicted molar refractivity (Wildman–Crippen MR) is 203 cm³/mol. The monoisotopic (exact) mass is 790 g/mol. The van der Waals surface area contributed by atoms with E-state index in [4.69, 9.17) is 14.5 Å². The number of imide groups is 1. The smallest absolute Gasteiger partial charge is 0.254 e. The predicted octanol–water partition coefficient (Wildman–Crippen LogP) is 4.44. The van der Waals surface area contributed by atoms with Gasteiger partial charge in [0.2, 0.25) is 5.91 Å². The molecule has 0 saturated carbocycles. The number of rotatable bonds is 15. The molecule has 3 fully saturated rings. The molecule has 3 saturated heterocycles. The summed E-state index contributed by atoms with van der Waals surface area (Å²) in [5, 5.41) is 3.10. The molecule has 3 aromatic rings. The van der Waals surface area contributed by atoms with Crippen LogP contribution >= 0.6 is 0 Å². The first-order valence-electron chi connectivity index (χ1n) is 19.9. The zero-order chi connectivity index (χ0) is 39.9. The van der Waals surface area contributed by atoms with Crippen LogP contribution in [0, 0.1) is 23.5 Å². The van der Waals surface area contributed by atoms with Crippen molar-refractivity contribution in [3.63, 3.8) is 0 Å². The van der Waals surface area contributed by atoms with Crippen molar-refractivity contribution in [2.45, 2.75) is 63.4 Å². The summed E-state index contributed by atoms with van der Waals surface area (Å²) in [6.07, 6.45) is 5.06. The molecule has 57 heavy (non-hydrogen) atoms. The lowest BCUT2D eigenvalue weighted by Crippen LogP contribution is -2.55. The maximum absolute atomic E-state index is 15.5. The minimum Gasteiger partial charge on any atom is -0.381 e. The normalized spacial score (nSPS) is 22.1. The molecule has 5 heterocycles. The summed E-state index contributed by atoms with van der Waals surface area (Å²) in [7, 11) is 0. The van der Waals surface area contributed by atoms with Gasteiger partial charge in [-0.3, -0.25) is 24.1 Å². The summed E-state index contributed by atoms with van der Waals surface area (Å²) in [6, 6.07) is 12.1. The van der Waals surface area contributed by atoms with Gasteiger partial charge in [-0.25, -0.2) is 18.2 Å². The van der Waals surface area contributed by atoms with Gasteiger partial charge in [0.05, 0.1) is 24.9 Å². The minimum absolute atomic E-state index is 0.0112. The van der Waals surface area contributed by atoms with E-state index in [0.29, 0.717) is 70.8 Å². The average Bonchev–Trinajstić information content (AvgIpc) is 3.93. The van der Waals surface area contributed by atoms with E-state index in [1.54, 1.807) is 16.0 Å². The number of nitrogens with zero attached hydrogens (tertiary/aromatic N) is 5. The SMILES string of the molecule is O=C(CCCCCN1C(=O)C=CC1=O)N1CCO[C@@H](C(=O)N(C[C@@H]2CNC[C@@H]2F)[C@@H](c2nc(-c3cc(F)ccc3F)cn2Cc2ccccc2)C2CCOCC2)C1. The quantitative estimate of drug-likeness (QED) is 0.177. The molecule has 4 amide bonds. The molecule has 0 radical (unpaired) electrons. The van der Waals surface area contributed by atoms with Crippen molar-refractivity contribution in [3.8, 4) is 11.3 Å². The maximum atomic E-state index is 15.5. The number of imidazole rings is 1. The molecule has 0 unspecified atom stereocenters. The van der Waals surface area contributed by atoms with Crippen LogP contribution in [0.3, 0.4) is 0 Å². The Morgan fingerprint density at radius 1 is 0.965 bits per heavy atom. The van der Waals surface area contributed by atoms with Crippen molar-refractivity contribution in [2.75, 3.05) is 59.1 Å². The van der Waals surface area contributed by atoms with Crippen LogP contribution in [-0.2, 0) is 35.2 Å². The zero-order valence-electron chi connectivity index (χ0n) is 31.9. The number of alkyl halides is 1. The fourth-order valence-electron chi connectivity index (χ4n) is 8.25. The fourth-order valence-corrected chi connectivity index (χ4v) is 8.25. The van der Waals surface area contributed by atoms with Gasteiger partial charge in [0.1, 0.15) is 23.6 Å². The van der Waals surface area contributed by atoms with Crippen LogP contribution in [0.2, 0.25) is 0 Å². The second-order valence-corrected chi connectivity index (χ2v) is 15.2. The third-order valence-electron chi connectivity index (χ3n) is 11.4. The standard InChI is InChI=1S/C42H49F3N6O6/c43-31-10-11-33(44)32(21-31)35-26-49(24-28-7-3-1-4-8-28)41(47-35)40(29-14-18-56-19-15-29)51(25-30-22-46-23-34(30)45)42(55)36-27-48(17-20-57-36)37(52)9-5-2-6-16-50-38(53)12-13-39(50)54/h1,3-4,7-8,10-13,21,26,29-30,34,36,40,46H,2,5-6,9,14-20,22-25,27H2/t30-,34-,36+,40+/m0/s1. The molecule has 0 aliphatic carbocycles. The zero-order valence-corrected chi connectivity index (χ0v) is 31.9. The van der Waals surface area contributed by atoms with Gasteiger partial charge in [0, 0.05) is 88.7 Å². The lowest BCUT2D eigenvalue weighted by atomic mass is 9.88. The number of amides is 4. The molecular weight excluding hydrogens is 741 g/mol. The van der Waals surface area contributed by atoms with Crippen molar-refractivity contribution in [1.29, 1.82) is 0 Å². The molecule has 2 aromatic carbocycles. The summed E-state index contributed by atoms with van der Waals surface area (Å²) in [4.78, 5) is 61.7. The molecule has 7 rings (SSSR count). The van der Waals surface area contributed by atoms with Crippen LogP contribution in [0.15, 0.2) is 66.9 Å². The van der Waals surface area contributed by atoms with Crippen LogP contribution in [0.25, 0.3) is 11.3 Å². The largest absolute Gasteiger partial charge is 0.381 e. The van der Waals surface area contributed by atoms with E-state index in [1.165, 1.54) is 17.1 Å². The van der Waals surface area contributed by atoms with E-state index in [-0.39, 0.29) is 74.1 Å². The Balaban J connectivity index is 1.17. The Morgan fingerprint density at radius 3 is 2.47 bits per heavy atom. The number of halogens is 3. The van der Waals surface area contributed by atoms with E-state index in [2.05, 4.69) is 5.32 Å². The fraction of sp³-hybridized carbons (Fsp3) is 0.500. The second-order valence-electron chi connectivity index (χ2n) is 15.2. The Kier molecular flexibility index (Phi) is 13.2. The molecule has 4 aliphatic rings. The lowest BCUT2D eigenvalue weighted by molar-refractivity contribution is -0.159. The molecule has 12 nitrogen and oxygen atoms in total. The summed E-state index contributed by atoms with van der Waals surface area (Å²) < 4.78 is 59.0. The molecule has 1 N–H and O–H groups in total. The van der Waals surface area contributed by atoms with Gasteiger partial charge >= 0.3 is 0 Å². The van der Waals surface area contributed by atoms with Crippen LogP contribution in [-0.4, -0.2) is 119 Å². The van der Waals surface area contributed by atoms with Gasteiger partial charge in [-0.05, 0) is 55.4 Å². The molecule has 304 valence electrons. The van der Waals surface area contributed by atoms with E-state index in [1.807, 2.05) is 34.9 Å². The second kappa shape index (κ2) is 18.6. The number of aromatic nitrogens is 2. The van der Waals surface area contributed by atoms with Gasteiger partial charge in [-0.2, -0.15) is 0 Å². The van der Waals surface area contributed by atoms with E-state index in [9.17, 15) is 18.8 Å². The first-order chi connectivity index (χ1) is 27.7. The van der Waals surface area contributed by atoms with Crippen molar-refractivity contribution in [1.82, 2.24) is 29.6 Å². The molecule has 0 bridgehead atoms. The van der Waals surface area contributed by atoms with E-state index in [0.717, 1.165) is 23.8 Å². The number of morpholine rings is 1. The third-order valence-corrected chi connectivity index (χ3v) is 11.4. The van der Waals surface area contributed by atoms with Gasteiger partial charge in [-0.15, -0.1) is 0 Å². The molecule has 4 atom stereocenters. The van der Waals surface area contributed by atoms with Gasteiger partial charge in [-0.1, -0.05) is 36.8 Å². The molecule has 4 aliphatic heterocycles. The summed E-state index contributed by atoms with van der Waals surface area (Å²) in [6.45, 7) is 2.49. The summed E-state index contributed by atoms with van der Waals surface area (Å²) in [5.74, 6) is -2.72. The Morgan fingerprint density at radius 2 is 1.74 bits per heavy atom. The number of hydrogen-bond donors (Lipinski definition) is 1. The van der Waals surface area contributed by atoms with Crippen LogP contribution < -0.4 is 5.32 Å². The average molecular weight is 791 g/mol. The highest BCUT2D eigenvalue weighted by Gasteiger charge is 2.43. The number of benzene rings is 2. The lowest BCUT2D eigenvalue weighted by Gasteiger charge is -2.42. The summed E-state index contributed by atoms with van der Waals surface area (Å²) in [5.41, 5.74) is 1.11. The summed E-state index contributed by atoms with van der Waals surface area (Å²) >= 11 is 0. The number of ether oxygens (including phenoxy) is 2. The highest BCUT2D eigenvalue weighted by Crippen LogP contribution is 2.39. The molecular formula is C42H49F3N6O6.